The maximum absolute atomic E-state index is 12.6. The fraction of sp³-hybridized carbons (Fsp3) is 0.143. The first kappa shape index (κ1) is 17.7. The number of hydrogen-bond donors (Lipinski definition) is 1. The molecule has 0 saturated heterocycles. The lowest BCUT2D eigenvalue weighted by Gasteiger charge is -1.97. The summed E-state index contributed by atoms with van der Waals surface area (Å²) < 4.78 is 38.8. The van der Waals surface area contributed by atoms with Crippen molar-refractivity contribution in [2.24, 2.45) is 0 Å². The van der Waals surface area contributed by atoms with Crippen LogP contribution in [-0.4, -0.2) is 5.11 Å². The molecule has 0 amide bonds. The van der Waals surface area contributed by atoms with Crippen LogP contribution >= 0.6 is 45.2 Å². The zero-order valence-corrected chi connectivity index (χ0v) is 14.5. The van der Waals surface area contributed by atoms with Gasteiger partial charge in [0.05, 0.1) is 6.61 Å². The Balaban J connectivity index is 0.000000200. The van der Waals surface area contributed by atoms with Crippen LogP contribution in [0.1, 0.15) is 11.1 Å². The van der Waals surface area contributed by atoms with Crippen LogP contribution in [-0.2, 0) is 13.3 Å². The molecular formula is C14H11F3I2O. The molecule has 0 unspecified atom stereocenters. The number of rotatable bonds is 2. The largest absolute Gasteiger partial charge is 0.392 e. The Morgan fingerprint density at radius 2 is 1.30 bits per heavy atom. The van der Waals surface area contributed by atoms with E-state index in [9.17, 15) is 13.2 Å². The van der Waals surface area contributed by atoms with E-state index in [4.69, 9.17) is 5.11 Å². The van der Waals surface area contributed by atoms with Gasteiger partial charge in [0.1, 0.15) is 18.3 Å². The molecule has 0 radical (unpaired) electrons. The first-order valence-electron chi connectivity index (χ1n) is 5.52. The lowest BCUT2D eigenvalue weighted by Crippen LogP contribution is -1.89. The molecule has 0 aliphatic rings. The van der Waals surface area contributed by atoms with E-state index < -0.39 is 12.5 Å². The molecule has 20 heavy (non-hydrogen) atoms. The normalized spacial score (nSPS) is 9.90. The van der Waals surface area contributed by atoms with Crippen molar-refractivity contribution in [1.82, 2.24) is 0 Å². The summed E-state index contributed by atoms with van der Waals surface area (Å²) in [6, 6.07) is 9.01. The van der Waals surface area contributed by atoms with Crippen molar-refractivity contribution in [1.29, 1.82) is 0 Å². The van der Waals surface area contributed by atoms with Crippen LogP contribution in [0, 0.1) is 18.8 Å². The molecule has 2 rings (SSSR count). The molecule has 6 heteroatoms. The van der Waals surface area contributed by atoms with Gasteiger partial charge >= 0.3 is 0 Å². The zero-order valence-electron chi connectivity index (χ0n) is 10.2. The highest BCUT2D eigenvalue weighted by Gasteiger charge is 2.00. The second-order valence-electron chi connectivity index (χ2n) is 3.76. The quantitative estimate of drug-likeness (QED) is 0.580. The second kappa shape index (κ2) is 8.83. The molecule has 0 saturated carbocycles. The van der Waals surface area contributed by atoms with Gasteiger partial charge in [-0.3, -0.25) is 0 Å². The fourth-order valence-corrected chi connectivity index (χ4v) is 2.42. The van der Waals surface area contributed by atoms with Crippen LogP contribution < -0.4 is 0 Å². The first-order valence-corrected chi connectivity index (χ1v) is 7.68. The van der Waals surface area contributed by atoms with Crippen molar-refractivity contribution in [2.75, 3.05) is 0 Å². The minimum Gasteiger partial charge on any atom is -0.392 e. The van der Waals surface area contributed by atoms with Crippen molar-refractivity contribution in [3.63, 3.8) is 0 Å². The van der Waals surface area contributed by atoms with Gasteiger partial charge in [-0.15, -0.1) is 0 Å². The highest BCUT2D eigenvalue weighted by molar-refractivity contribution is 14.1. The van der Waals surface area contributed by atoms with Crippen LogP contribution in [0.3, 0.4) is 0 Å². The van der Waals surface area contributed by atoms with Gasteiger partial charge in [0.2, 0.25) is 0 Å². The predicted octanol–water partition coefficient (Wildman–Crippen LogP) is 4.82. The van der Waals surface area contributed by atoms with Gasteiger partial charge in [-0.2, -0.15) is 0 Å². The molecule has 108 valence electrons. The van der Waals surface area contributed by atoms with Gasteiger partial charge in [-0.25, -0.2) is 13.2 Å². The summed E-state index contributed by atoms with van der Waals surface area (Å²) in [5.41, 5.74) is 0.485. The molecule has 0 aliphatic carbocycles. The Labute approximate surface area is 142 Å². The molecule has 2 aromatic carbocycles. The lowest BCUT2D eigenvalue weighted by atomic mass is 10.2. The molecule has 1 nitrogen and oxygen atoms in total. The Kier molecular flexibility index (Phi) is 7.82. The summed E-state index contributed by atoms with van der Waals surface area (Å²) in [6.07, 6.45) is 0. The van der Waals surface area contributed by atoms with Crippen molar-refractivity contribution < 1.29 is 18.3 Å². The number of aliphatic hydroxyl groups excluding tert-OH is 1. The van der Waals surface area contributed by atoms with Crippen molar-refractivity contribution in [3.05, 3.63) is 66.3 Å². The number of halogens is 5. The Bertz CT molecular complexity index is 525. The van der Waals surface area contributed by atoms with Crippen molar-refractivity contribution in [2.45, 2.75) is 13.3 Å². The summed E-state index contributed by atoms with van der Waals surface area (Å²) in [5, 5.41) is 8.60. The van der Waals surface area contributed by atoms with Gasteiger partial charge in [0.15, 0.2) is 0 Å². The van der Waals surface area contributed by atoms with Gasteiger partial charge in [0, 0.05) is 18.3 Å². The number of hydrogen-bond acceptors (Lipinski definition) is 1. The van der Waals surface area contributed by atoms with Gasteiger partial charge < -0.3 is 5.11 Å². The molecule has 0 heterocycles. The standard InChI is InChI=1S/C7H5F2I.C7H6FIO/c8-4-5-3-6(10)1-2-7(5)9;8-7-2-1-6(9)3-5(7)4-10/h1-3H,4H2;1-3,10H,4H2. The molecular weight excluding hydrogens is 495 g/mol. The number of alkyl halides is 1. The summed E-state index contributed by atoms with van der Waals surface area (Å²) >= 11 is 4.08. The summed E-state index contributed by atoms with van der Waals surface area (Å²) in [7, 11) is 0. The summed E-state index contributed by atoms with van der Waals surface area (Å²) in [6.45, 7) is -0.967. The van der Waals surface area contributed by atoms with Gasteiger partial charge in [0.25, 0.3) is 0 Å². The predicted molar refractivity (Wildman–Crippen MR) is 89.0 cm³/mol. The van der Waals surface area contributed by atoms with Crippen LogP contribution in [0.4, 0.5) is 13.2 Å². The highest BCUT2D eigenvalue weighted by atomic mass is 127. The van der Waals surface area contributed by atoms with Gasteiger partial charge in [-0.05, 0) is 81.6 Å². The molecule has 1 N–H and O–H groups in total. The van der Waals surface area contributed by atoms with Crippen LogP contribution in [0.5, 0.6) is 0 Å². The van der Waals surface area contributed by atoms with Crippen LogP contribution in [0.15, 0.2) is 36.4 Å². The average Bonchev–Trinajstić information content (AvgIpc) is 2.44. The molecule has 0 aliphatic heterocycles. The van der Waals surface area contributed by atoms with Crippen LogP contribution in [0.25, 0.3) is 0 Å². The Morgan fingerprint density at radius 3 is 1.65 bits per heavy atom. The van der Waals surface area contributed by atoms with Gasteiger partial charge in [-0.1, -0.05) is 0 Å². The van der Waals surface area contributed by atoms with E-state index in [2.05, 4.69) is 22.6 Å². The maximum atomic E-state index is 12.6. The van der Waals surface area contributed by atoms with E-state index in [1.54, 1.807) is 18.2 Å². The van der Waals surface area contributed by atoms with E-state index in [-0.39, 0.29) is 18.0 Å². The monoisotopic (exact) mass is 506 g/mol. The molecule has 0 bridgehead atoms. The second-order valence-corrected chi connectivity index (χ2v) is 6.25. The van der Waals surface area contributed by atoms with E-state index in [0.717, 1.165) is 7.14 Å². The fourth-order valence-electron chi connectivity index (χ4n) is 1.31. The minimum absolute atomic E-state index is 0.131. The number of benzene rings is 2. The smallest absolute Gasteiger partial charge is 0.129 e. The zero-order chi connectivity index (χ0) is 15.1. The first-order chi connectivity index (χ1) is 9.47. The number of aliphatic hydroxyl groups is 1. The molecule has 0 fully saturated rings. The summed E-state index contributed by atoms with van der Waals surface area (Å²) in [5.74, 6) is -0.814. The maximum Gasteiger partial charge on any atom is 0.129 e. The average molecular weight is 506 g/mol. The summed E-state index contributed by atoms with van der Waals surface area (Å²) in [4.78, 5) is 0. The van der Waals surface area contributed by atoms with Crippen LogP contribution in [0.2, 0.25) is 0 Å². The van der Waals surface area contributed by atoms with E-state index >= 15 is 0 Å². The lowest BCUT2D eigenvalue weighted by molar-refractivity contribution is 0.275. The third kappa shape index (κ3) is 5.57. The third-order valence-electron chi connectivity index (χ3n) is 2.33. The Morgan fingerprint density at radius 1 is 0.850 bits per heavy atom. The Hall–Kier alpha value is -0.350. The van der Waals surface area contributed by atoms with E-state index in [1.165, 1.54) is 18.2 Å². The molecule has 0 spiro atoms. The van der Waals surface area contributed by atoms with E-state index in [1.807, 2.05) is 22.6 Å². The van der Waals surface area contributed by atoms with Crippen molar-refractivity contribution >= 4 is 45.2 Å². The van der Waals surface area contributed by atoms with Crippen molar-refractivity contribution in [3.8, 4) is 0 Å². The molecule has 0 atom stereocenters. The molecule has 0 aromatic heterocycles. The third-order valence-corrected chi connectivity index (χ3v) is 3.67. The SMILES string of the molecule is FCc1cc(I)ccc1F.OCc1cc(I)ccc1F. The molecule has 2 aromatic rings. The van der Waals surface area contributed by atoms with E-state index in [0.29, 0.717) is 5.56 Å². The topological polar surface area (TPSA) is 20.2 Å². The highest BCUT2D eigenvalue weighted by Crippen LogP contribution is 2.13. The minimum atomic E-state index is -0.733.